The predicted molar refractivity (Wildman–Crippen MR) is 173 cm³/mol. The van der Waals surface area contributed by atoms with Gasteiger partial charge in [0.25, 0.3) is 0 Å². The van der Waals surface area contributed by atoms with Gasteiger partial charge in [0.15, 0.2) is 0 Å². The summed E-state index contributed by atoms with van der Waals surface area (Å²) in [5, 5.41) is 0. The maximum atomic E-state index is 5.05. The third-order valence-corrected chi connectivity index (χ3v) is 9.28. The second-order valence-electron chi connectivity index (χ2n) is 11.5. The average Bonchev–Trinajstić information content (AvgIpc) is 3.33. The second kappa shape index (κ2) is 10.2. The van der Waals surface area contributed by atoms with Crippen molar-refractivity contribution >= 4 is 17.1 Å². The Morgan fingerprint density at radius 2 is 1.14 bits per heavy atom. The van der Waals surface area contributed by atoms with Crippen LogP contribution in [0.25, 0.3) is 11.1 Å². The van der Waals surface area contributed by atoms with E-state index in [0.717, 1.165) is 35.6 Å². The van der Waals surface area contributed by atoms with E-state index in [0.29, 0.717) is 0 Å². The summed E-state index contributed by atoms with van der Waals surface area (Å²) in [5.74, 6) is 0. The van der Waals surface area contributed by atoms with Crippen LogP contribution in [0.3, 0.4) is 0 Å². The fourth-order valence-electron chi connectivity index (χ4n) is 7.12. The Hall–Kier alpha value is -4.95. The molecule has 5 aromatic carbocycles. The van der Waals surface area contributed by atoms with E-state index in [2.05, 4.69) is 144 Å². The molecule has 0 radical (unpaired) electrons. The first-order valence-corrected chi connectivity index (χ1v) is 15.0. The summed E-state index contributed by atoms with van der Waals surface area (Å²) in [4.78, 5) is 7.32. The molecule has 202 valence electrons. The zero-order chi connectivity index (χ0) is 27.9. The third-order valence-electron chi connectivity index (χ3n) is 9.28. The number of hydrogen-bond acceptors (Lipinski definition) is 2. The highest BCUT2D eigenvalue weighted by Gasteiger charge is 2.44. The van der Waals surface area contributed by atoms with Crippen molar-refractivity contribution in [2.75, 3.05) is 4.90 Å². The summed E-state index contributed by atoms with van der Waals surface area (Å²) in [6, 6.07) is 50.8. The fraction of sp³-hybridized carbons (Fsp3) is 0.125. The maximum absolute atomic E-state index is 5.05. The number of pyridine rings is 1. The lowest BCUT2D eigenvalue weighted by molar-refractivity contribution is 0.565. The van der Waals surface area contributed by atoms with Gasteiger partial charge in [-0.2, -0.15) is 0 Å². The van der Waals surface area contributed by atoms with Crippen molar-refractivity contribution in [2.24, 2.45) is 0 Å². The number of fused-ring (bicyclic) bond motifs is 4. The van der Waals surface area contributed by atoms with Crippen LogP contribution in [0, 0.1) is 0 Å². The van der Waals surface area contributed by atoms with Crippen LogP contribution in [-0.2, 0) is 24.7 Å². The molecule has 0 saturated heterocycles. The Morgan fingerprint density at radius 1 is 0.548 bits per heavy atom. The van der Waals surface area contributed by atoms with E-state index in [1.54, 1.807) is 0 Å². The van der Waals surface area contributed by atoms with Crippen molar-refractivity contribution in [2.45, 2.75) is 31.1 Å². The second-order valence-corrected chi connectivity index (χ2v) is 11.5. The normalized spacial score (nSPS) is 13.9. The number of benzene rings is 5. The molecule has 0 fully saturated rings. The van der Waals surface area contributed by atoms with Crippen LogP contribution < -0.4 is 4.90 Å². The molecule has 0 N–H and O–H groups in total. The van der Waals surface area contributed by atoms with Gasteiger partial charge >= 0.3 is 0 Å². The van der Waals surface area contributed by atoms with Crippen LogP contribution in [0.1, 0.15) is 39.9 Å². The molecule has 8 rings (SSSR count). The van der Waals surface area contributed by atoms with Crippen molar-refractivity contribution in [3.05, 3.63) is 179 Å². The van der Waals surface area contributed by atoms with E-state index in [1.165, 1.54) is 51.8 Å². The van der Waals surface area contributed by atoms with Crippen molar-refractivity contribution in [1.29, 1.82) is 0 Å². The van der Waals surface area contributed by atoms with Crippen molar-refractivity contribution in [3.8, 4) is 11.1 Å². The largest absolute Gasteiger partial charge is 0.309 e. The molecular formula is C40H32N2. The number of aromatic nitrogens is 1. The Kier molecular flexibility index (Phi) is 6.00. The van der Waals surface area contributed by atoms with Gasteiger partial charge in [0, 0.05) is 22.5 Å². The molecule has 2 aliphatic rings. The number of rotatable bonds is 7. The summed E-state index contributed by atoms with van der Waals surface area (Å²) in [5.41, 5.74) is 14.2. The van der Waals surface area contributed by atoms with Crippen LogP contribution in [0.4, 0.5) is 17.1 Å². The average molecular weight is 541 g/mol. The molecule has 1 heterocycles. The lowest BCUT2D eigenvalue weighted by Crippen LogP contribution is -2.29. The Labute approximate surface area is 248 Å². The molecule has 0 amide bonds. The number of nitrogens with zero attached hydrogens (tertiary/aromatic N) is 2. The Morgan fingerprint density at radius 3 is 1.69 bits per heavy atom. The zero-order valence-electron chi connectivity index (χ0n) is 23.6. The topological polar surface area (TPSA) is 16.1 Å². The molecule has 0 saturated carbocycles. The molecule has 6 aromatic rings. The third kappa shape index (κ3) is 3.98. The first-order valence-electron chi connectivity index (χ1n) is 15.0. The molecule has 0 unspecified atom stereocenters. The predicted octanol–water partition coefficient (Wildman–Crippen LogP) is 9.60. The van der Waals surface area contributed by atoms with E-state index >= 15 is 0 Å². The molecule has 0 spiro atoms. The molecular weight excluding hydrogens is 508 g/mol. The van der Waals surface area contributed by atoms with Crippen molar-refractivity contribution in [1.82, 2.24) is 4.98 Å². The lowest BCUT2D eigenvalue weighted by atomic mass is 9.68. The molecule has 42 heavy (non-hydrogen) atoms. The summed E-state index contributed by atoms with van der Waals surface area (Å²) >= 11 is 0. The van der Waals surface area contributed by atoms with Gasteiger partial charge in [-0.1, -0.05) is 103 Å². The molecule has 2 nitrogen and oxygen atoms in total. The van der Waals surface area contributed by atoms with Crippen LogP contribution in [-0.4, -0.2) is 4.98 Å². The molecule has 2 heteroatoms. The molecule has 0 atom stereocenters. The van der Waals surface area contributed by atoms with E-state index in [-0.39, 0.29) is 5.41 Å². The number of hydrogen-bond donors (Lipinski definition) is 0. The molecule has 0 aliphatic heterocycles. The monoisotopic (exact) mass is 540 g/mol. The highest BCUT2D eigenvalue weighted by atomic mass is 15.1. The molecule has 2 aliphatic carbocycles. The van der Waals surface area contributed by atoms with Gasteiger partial charge in [0.2, 0.25) is 0 Å². The van der Waals surface area contributed by atoms with Gasteiger partial charge in [-0.15, -0.1) is 0 Å². The van der Waals surface area contributed by atoms with E-state index in [1.807, 2.05) is 6.20 Å². The zero-order valence-corrected chi connectivity index (χ0v) is 23.6. The summed E-state index contributed by atoms with van der Waals surface area (Å²) in [6.07, 6.45) is 6.27. The van der Waals surface area contributed by atoms with Gasteiger partial charge in [0.05, 0.1) is 11.9 Å². The molecule has 1 aromatic heterocycles. The van der Waals surface area contributed by atoms with Crippen LogP contribution in [0.15, 0.2) is 146 Å². The van der Waals surface area contributed by atoms with Crippen LogP contribution >= 0.6 is 0 Å². The van der Waals surface area contributed by atoms with Crippen LogP contribution in [0.2, 0.25) is 0 Å². The van der Waals surface area contributed by atoms with Gasteiger partial charge in [-0.25, -0.2) is 0 Å². The fourth-order valence-corrected chi connectivity index (χ4v) is 7.12. The first kappa shape index (κ1) is 24.8. The highest BCUT2D eigenvalue weighted by Crippen LogP contribution is 2.55. The van der Waals surface area contributed by atoms with E-state index in [4.69, 9.17) is 4.98 Å². The van der Waals surface area contributed by atoms with Gasteiger partial charge in [0.1, 0.15) is 0 Å². The van der Waals surface area contributed by atoms with Crippen molar-refractivity contribution < 1.29 is 0 Å². The number of aryl methyl sites for hydroxylation is 3. The summed E-state index contributed by atoms with van der Waals surface area (Å²) < 4.78 is 0. The van der Waals surface area contributed by atoms with E-state index < -0.39 is 0 Å². The molecule has 0 bridgehead atoms. The quantitative estimate of drug-likeness (QED) is 0.200. The highest BCUT2D eigenvalue weighted by molar-refractivity contribution is 5.83. The minimum Gasteiger partial charge on any atom is -0.309 e. The smallest absolute Gasteiger partial charge is 0.0645 e. The van der Waals surface area contributed by atoms with Crippen LogP contribution in [0.5, 0.6) is 0 Å². The number of anilines is 3. The summed E-state index contributed by atoms with van der Waals surface area (Å²) in [7, 11) is 0. The van der Waals surface area contributed by atoms with Gasteiger partial charge in [-0.05, 0) is 101 Å². The summed E-state index contributed by atoms with van der Waals surface area (Å²) in [6.45, 7) is 0. The lowest BCUT2D eigenvalue weighted by Gasteiger charge is -2.35. The minimum absolute atomic E-state index is 0.196. The van der Waals surface area contributed by atoms with Gasteiger partial charge in [-0.3, -0.25) is 4.98 Å². The van der Waals surface area contributed by atoms with Gasteiger partial charge < -0.3 is 4.90 Å². The van der Waals surface area contributed by atoms with E-state index in [9.17, 15) is 0 Å². The Bertz CT molecular complexity index is 1790. The maximum Gasteiger partial charge on any atom is 0.0645 e. The SMILES string of the molecule is c1ccc(N(c2ccccc2)c2ccc(CCC3(c4ccc5c(c4)CC5)c4ccccc4-c4ccccc43)nc2)cc1. The number of para-hydroxylation sites is 2. The Balaban J connectivity index is 1.17. The standard InChI is InChI=1S/C40H32N2/c1-3-11-33(12-4-1)42(34-13-5-2-6-14-34)35-24-23-32(41-28-35)25-26-40(31-22-21-29-19-20-30(29)27-31)38-17-9-7-15-36(38)37-16-8-10-18-39(37)40/h1-18,21-24,27-28H,19-20,25-26H2. The first-order chi connectivity index (χ1) is 20.8. The van der Waals surface area contributed by atoms with Crippen molar-refractivity contribution in [3.63, 3.8) is 0 Å². The minimum atomic E-state index is -0.196.